The van der Waals surface area contributed by atoms with E-state index in [0.29, 0.717) is 13.2 Å². The van der Waals surface area contributed by atoms with Gasteiger partial charge in [0.05, 0.1) is 13.2 Å². The molecule has 0 aliphatic carbocycles. The molecule has 0 aliphatic rings. The highest BCUT2D eigenvalue weighted by molar-refractivity contribution is 9.08. The van der Waals surface area contributed by atoms with Crippen LogP contribution in [-0.4, -0.2) is 13.2 Å². The Morgan fingerprint density at radius 1 is 1.00 bits per heavy atom. The highest BCUT2D eigenvalue weighted by Crippen LogP contribution is 2.41. The van der Waals surface area contributed by atoms with Gasteiger partial charge in [-0.2, -0.15) is 0 Å². The van der Waals surface area contributed by atoms with Gasteiger partial charge in [-0.1, -0.05) is 40.2 Å². The molecule has 0 spiro atoms. The first-order valence-electron chi connectivity index (χ1n) is 5.47. The average Bonchev–Trinajstić information content (AvgIpc) is 2.31. The molecule has 0 amide bonds. The predicted molar refractivity (Wildman–Crippen MR) is 72.9 cm³/mol. The lowest BCUT2D eigenvalue weighted by Gasteiger charge is -2.15. The summed E-state index contributed by atoms with van der Waals surface area (Å²) in [6, 6.07) is 8.55. The second kappa shape index (κ2) is 8.19. The fourth-order valence-corrected chi connectivity index (χ4v) is 3.02. The van der Waals surface area contributed by atoms with Crippen LogP contribution in [0.2, 0.25) is 0 Å². The Hall–Kier alpha value is 0.0500. The van der Waals surface area contributed by atoms with Crippen molar-refractivity contribution in [2.24, 2.45) is 0 Å². The lowest BCUT2D eigenvalue weighted by molar-refractivity contribution is 0.268. The van der Waals surface area contributed by atoms with Gasteiger partial charge in [-0.3, -0.25) is 0 Å². The van der Waals surface area contributed by atoms with Crippen molar-refractivity contribution in [1.29, 1.82) is 0 Å². The first kappa shape index (κ1) is 14.1. The summed E-state index contributed by atoms with van der Waals surface area (Å²) in [7, 11) is -0.763. The summed E-state index contributed by atoms with van der Waals surface area (Å²) in [6.45, 7) is 5.43. The summed E-state index contributed by atoms with van der Waals surface area (Å²) < 4.78 is 11.2. The van der Waals surface area contributed by atoms with Gasteiger partial charge in [0, 0.05) is 11.5 Å². The Kier molecular flexibility index (Phi) is 7.22. The predicted octanol–water partition coefficient (Wildman–Crippen LogP) is 4.47. The molecule has 0 heterocycles. The second-order valence-corrected chi connectivity index (χ2v) is 5.34. The van der Waals surface area contributed by atoms with Crippen LogP contribution in [0.4, 0.5) is 0 Å². The minimum absolute atomic E-state index is 0.713. The molecule has 1 aromatic rings. The molecule has 90 valence electrons. The monoisotopic (exact) mass is 304 g/mol. The van der Waals surface area contributed by atoms with Crippen LogP contribution in [0.1, 0.15) is 25.0 Å². The molecule has 0 radical (unpaired) electrons. The molecule has 1 rings (SSSR count). The molecule has 0 bridgehead atoms. The minimum atomic E-state index is -0.763. The van der Waals surface area contributed by atoms with Crippen LogP contribution in [0.3, 0.4) is 0 Å². The number of hydrogen-bond acceptors (Lipinski definition) is 2. The molecule has 0 saturated heterocycles. The highest BCUT2D eigenvalue weighted by Gasteiger charge is 2.09. The van der Waals surface area contributed by atoms with Gasteiger partial charge in [-0.25, -0.2) is 0 Å². The average molecular weight is 305 g/mol. The summed E-state index contributed by atoms with van der Waals surface area (Å²) in [4.78, 5) is 0. The van der Waals surface area contributed by atoms with Crippen molar-refractivity contribution in [1.82, 2.24) is 0 Å². The van der Waals surface area contributed by atoms with E-state index in [9.17, 15) is 0 Å². The molecule has 0 aliphatic heterocycles. The summed E-state index contributed by atoms with van der Waals surface area (Å²) in [5.74, 6) is 0. The largest absolute Gasteiger partial charge is 0.334 e. The number of halogens is 1. The standard InChI is InChI=1S/C12H18BrO2P/c1-3-14-16(15-4-2)10-12-7-5-11(9-13)6-8-12/h5-8H,3-4,9-10H2,1-2H3. The van der Waals surface area contributed by atoms with E-state index in [1.165, 1.54) is 11.1 Å². The molecule has 16 heavy (non-hydrogen) atoms. The number of hydrogen-bond donors (Lipinski definition) is 0. The van der Waals surface area contributed by atoms with Gasteiger partial charge in [0.25, 0.3) is 0 Å². The van der Waals surface area contributed by atoms with Crippen molar-refractivity contribution in [2.75, 3.05) is 13.2 Å². The quantitative estimate of drug-likeness (QED) is 0.547. The van der Waals surface area contributed by atoms with E-state index in [1.807, 2.05) is 13.8 Å². The fourth-order valence-electron chi connectivity index (χ4n) is 1.30. The summed E-state index contributed by atoms with van der Waals surface area (Å²) in [5.41, 5.74) is 2.57. The Balaban J connectivity index is 2.54. The summed E-state index contributed by atoms with van der Waals surface area (Å²) in [6.07, 6.45) is 0.875. The third kappa shape index (κ3) is 4.92. The molecule has 1 aromatic carbocycles. The minimum Gasteiger partial charge on any atom is -0.334 e. The van der Waals surface area contributed by atoms with Crippen LogP contribution >= 0.6 is 24.3 Å². The zero-order valence-electron chi connectivity index (χ0n) is 9.78. The Labute approximate surface area is 107 Å². The Morgan fingerprint density at radius 3 is 1.94 bits per heavy atom. The maximum Gasteiger partial charge on any atom is 0.175 e. The molecule has 2 nitrogen and oxygen atoms in total. The van der Waals surface area contributed by atoms with Crippen LogP contribution in [0, 0.1) is 0 Å². The topological polar surface area (TPSA) is 18.5 Å². The molecular weight excluding hydrogens is 287 g/mol. The van der Waals surface area contributed by atoms with Gasteiger partial charge < -0.3 is 9.05 Å². The van der Waals surface area contributed by atoms with Crippen molar-refractivity contribution < 1.29 is 9.05 Å². The van der Waals surface area contributed by atoms with E-state index < -0.39 is 8.38 Å². The summed E-state index contributed by atoms with van der Waals surface area (Å²) >= 11 is 3.44. The van der Waals surface area contributed by atoms with Gasteiger partial charge in [-0.05, 0) is 25.0 Å². The van der Waals surface area contributed by atoms with Gasteiger partial charge in [0.15, 0.2) is 8.38 Å². The molecule has 0 atom stereocenters. The van der Waals surface area contributed by atoms with Crippen LogP contribution < -0.4 is 0 Å². The maximum absolute atomic E-state index is 5.58. The molecule has 0 unspecified atom stereocenters. The second-order valence-electron chi connectivity index (χ2n) is 3.28. The highest BCUT2D eigenvalue weighted by atomic mass is 79.9. The Morgan fingerprint density at radius 2 is 1.50 bits per heavy atom. The van der Waals surface area contributed by atoms with Crippen molar-refractivity contribution in [3.05, 3.63) is 35.4 Å². The third-order valence-electron chi connectivity index (χ3n) is 2.04. The molecule has 4 heteroatoms. The van der Waals surface area contributed by atoms with Crippen LogP contribution in [-0.2, 0) is 20.5 Å². The Bertz CT molecular complexity index is 284. The van der Waals surface area contributed by atoms with Gasteiger partial charge in [0.2, 0.25) is 0 Å². The normalized spacial score (nSPS) is 11.0. The van der Waals surface area contributed by atoms with E-state index >= 15 is 0 Å². The summed E-state index contributed by atoms with van der Waals surface area (Å²) in [5, 5.41) is 0.902. The molecule has 0 fully saturated rings. The zero-order chi connectivity index (χ0) is 11.8. The third-order valence-corrected chi connectivity index (χ3v) is 4.40. The van der Waals surface area contributed by atoms with Crippen LogP contribution in [0.15, 0.2) is 24.3 Å². The first-order chi connectivity index (χ1) is 7.80. The number of alkyl halides is 1. The van der Waals surface area contributed by atoms with Crippen molar-refractivity contribution in [3.63, 3.8) is 0 Å². The first-order valence-corrected chi connectivity index (χ1v) is 7.95. The fraction of sp³-hybridized carbons (Fsp3) is 0.500. The van der Waals surface area contributed by atoms with Crippen molar-refractivity contribution >= 4 is 24.3 Å². The smallest absolute Gasteiger partial charge is 0.175 e. The van der Waals surface area contributed by atoms with E-state index in [-0.39, 0.29) is 0 Å². The van der Waals surface area contributed by atoms with E-state index in [1.54, 1.807) is 0 Å². The zero-order valence-corrected chi connectivity index (χ0v) is 12.3. The van der Waals surface area contributed by atoms with Crippen LogP contribution in [0.25, 0.3) is 0 Å². The number of rotatable bonds is 7. The maximum atomic E-state index is 5.58. The van der Waals surface area contributed by atoms with E-state index in [2.05, 4.69) is 40.2 Å². The van der Waals surface area contributed by atoms with E-state index in [4.69, 9.17) is 9.05 Å². The lowest BCUT2D eigenvalue weighted by atomic mass is 10.2. The molecule has 0 saturated carbocycles. The van der Waals surface area contributed by atoms with E-state index in [0.717, 1.165) is 11.5 Å². The molecular formula is C12H18BrO2P. The van der Waals surface area contributed by atoms with Gasteiger partial charge in [0.1, 0.15) is 0 Å². The lowest BCUT2D eigenvalue weighted by Crippen LogP contribution is -1.94. The van der Waals surface area contributed by atoms with Crippen LogP contribution in [0.5, 0.6) is 0 Å². The van der Waals surface area contributed by atoms with Gasteiger partial charge >= 0.3 is 0 Å². The van der Waals surface area contributed by atoms with Crippen molar-refractivity contribution in [2.45, 2.75) is 25.3 Å². The number of benzene rings is 1. The van der Waals surface area contributed by atoms with Crippen molar-refractivity contribution in [3.8, 4) is 0 Å². The van der Waals surface area contributed by atoms with Gasteiger partial charge in [-0.15, -0.1) is 0 Å². The molecule has 0 aromatic heterocycles. The molecule has 0 N–H and O–H groups in total. The SMILES string of the molecule is CCOP(Cc1ccc(CBr)cc1)OCC.